The molecular formula is C18H15N5. The van der Waals surface area contributed by atoms with Gasteiger partial charge < -0.3 is 4.40 Å². The van der Waals surface area contributed by atoms with Crippen LogP contribution in [0.2, 0.25) is 0 Å². The van der Waals surface area contributed by atoms with Gasteiger partial charge in [-0.2, -0.15) is 5.10 Å². The average Bonchev–Trinajstić information content (AvgIpc) is 3.30. The molecule has 0 radical (unpaired) electrons. The molecule has 4 aromatic heterocycles. The number of hydrogen-bond acceptors (Lipinski definition) is 3. The molecule has 0 atom stereocenters. The van der Waals surface area contributed by atoms with Crippen molar-refractivity contribution in [1.82, 2.24) is 24.1 Å². The van der Waals surface area contributed by atoms with Crippen LogP contribution < -0.4 is 0 Å². The van der Waals surface area contributed by atoms with E-state index in [1.54, 1.807) is 0 Å². The SMILES string of the molecule is c1ccc(-c2nn3c(c2-c2ccn4ccnc4c2)CCC3)nc1. The summed E-state index contributed by atoms with van der Waals surface area (Å²) in [7, 11) is 0. The third kappa shape index (κ3) is 1.90. The molecule has 4 aromatic rings. The maximum atomic E-state index is 4.83. The van der Waals surface area contributed by atoms with Gasteiger partial charge in [-0.1, -0.05) is 6.07 Å². The van der Waals surface area contributed by atoms with Gasteiger partial charge in [-0.3, -0.25) is 9.67 Å². The predicted molar refractivity (Wildman–Crippen MR) is 88.0 cm³/mol. The van der Waals surface area contributed by atoms with E-state index in [1.807, 2.05) is 41.2 Å². The Morgan fingerprint density at radius 3 is 2.91 bits per heavy atom. The Bertz CT molecular complexity index is 997. The van der Waals surface area contributed by atoms with Crippen LogP contribution in [0.4, 0.5) is 0 Å². The summed E-state index contributed by atoms with van der Waals surface area (Å²) < 4.78 is 4.16. The van der Waals surface area contributed by atoms with Gasteiger partial charge >= 0.3 is 0 Å². The zero-order valence-electron chi connectivity index (χ0n) is 12.6. The number of imidazole rings is 1. The highest BCUT2D eigenvalue weighted by Gasteiger charge is 2.24. The highest BCUT2D eigenvalue weighted by Crippen LogP contribution is 2.36. The number of aryl methyl sites for hydroxylation is 1. The number of rotatable bonds is 2. The summed E-state index contributed by atoms with van der Waals surface area (Å²) in [6, 6.07) is 10.2. The van der Waals surface area contributed by atoms with Crippen LogP contribution in [0.1, 0.15) is 12.1 Å². The summed E-state index contributed by atoms with van der Waals surface area (Å²) in [5.74, 6) is 0. The fourth-order valence-electron chi connectivity index (χ4n) is 3.38. The first kappa shape index (κ1) is 12.6. The van der Waals surface area contributed by atoms with Crippen molar-refractivity contribution in [2.24, 2.45) is 0 Å². The van der Waals surface area contributed by atoms with Crippen LogP contribution in [0, 0.1) is 0 Å². The highest BCUT2D eigenvalue weighted by molar-refractivity contribution is 5.82. The van der Waals surface area contributed by atoms with Crippen LogP contribution in [-0.4, -0.2) is 24.1 Å². The third-order valence-corrected chi connectivity index (χ3v) is 4.44. The van der Waals surface area contributed by atoms with Crippen molar-refractivity contribution >= 4 is 5.65 Å². The molecule has 112 valence electrons. The minimum atomic E-state index is 0.924. The Balaban J connectivity index is 1.78. The van der Waals surface area contributed by atoms with Gasteiger partial charge in [0.2, 0.25) is 0 Å². The highest BCUT2D eigenvalue weighted by atomic mass is 15.3. The molecule has 5 heteroatoms. The zero-order chi connectivity index (χ0) is 15.2. The molecule has 0 saturated heterocycles. The molecule has 0 fully saturated rings. The van der Waals surface area contributed by atoms with Gasteiger partial charge in [0.25, 0.3) is 0 Å². The standard InChI is InChI=1S/C18H15N5/c1-2-7-19-14(4-1)18-17(15-5-3-9-23(15)21-18)13-6-10-22-11-8-20-16(22)12-13/h1-2,4,6-8,10-12H,3,5,9H2. The van der Waals surface area contributed by atoms with Gasteiger partial charge in [-0.15, -0.1) is 0 Å². The van der Waals surface area contributed by atoms with E-state index in [4.69, 9.17) is 5.10 Å². The minimum absolute atomic E-state index is 0.924. The third-order valence-electron chi connectivity index (χ3n) is 4.44. The van der Waals surface area contributed by atoms with Crippen molar-refractivity contribution in [3.05, 3.63) is 60.8 Å². The molecular weight excluding hydrogens is 286 g/mol. The number of nitrogens with zero attached hydrogens (tertiary/aromatic N) is 5. The first-order valence-corrected chi connectivity index (χ1v) is 7.84. The van der Waals surface area contributed by atoms with E-state index in [9.17, 15) is 0 Å². The van der Waals surface area contributed by atoms with Gasteiger partial charge in [-0.25, -0.2) is 4.98 Å². The van der Waals surface area contributed by atoms with E-state index in [-0.39, 0.29) is 0 Å². The van der Waals surface area contributed by atoms with Gasteiger partial charge in [0, 0.05) is 42.6 Å². The largest absolute Gasteiger partial charge is 0.307 e. The lowest BCUT2D eigenvalue weighted by atomic mass is 10.0. The van der Waals surface area contributed by atoms with Crippen molar-refractivity contribution in [3.8, 4) is 22.5 Å². The molecule has 0 N–H and O–H groups in total. The molecule has 5 nitrogen and oxygen atoms in total. The van der Waals surface area contributed by atoms with Crippen molar-refractivity contribution < 1.29 is 0 Å². The number of pyridine rings is 2. The Kier molecular flexibility index (Phi) is 2.61. The quantitative estimate of drug-likeness (QED) is 0.571. The van der Waals surface area contributed by atoms with Gasteiger partial charge in [-0.05, 0) is 42.7 Å². The second-order valence-electron chi connectivity index (χ2n) is 5.82. The molecule has 23 heavy (non-hydrogen) atoms. The monoisotopic (exact) mass is 301 g/mol. The second-order valence-corrected chi connectivity index (χ2v) is 5.82. The summed E-state index contributed by atoms with van der Waals surface area (Å²) in [4.78, 5) is 8.91. The lowest BCUT2D eigenvalue weighted by Gasteiger charge is -2.06. The van der Waals surface area contributed by atoms with Crippen LogP contribution in [0.3, 0.4) is 0 Å². The number of fused-ring (bicyclic) bond motifs is 2. The lowest BCUT2D eigenvalue weighted by Crippen LogP contribution is -1.94. The Hall–Kier alpha value is -2.95. The maximum Gasteiger partial charge on any atom is 0.137 e. The molecule has 0 unspecified atom stereocenters. The summed E-state index contributed by atoms with van der Waals surface area (Å²) in [6.45, 7) is 0.987. The fourth-order valence-corrected chi connectivity index (χ4v) is 3.38. The molecule has 0 saturated carbocycles. The molecule has 1 aliphatic rings. The molecule has 0 amide bonds. The van der Waals surface area contributed by atoms with Crippen molar-refractivity contribution in [2.45, 2.75) is 19.4 Å². The van der Waals surface area contributed by atoms with Crippen molar-refractivity contribution in [1.29, 1.82) is 0 Å². The molecule has 1 aliphatic heterocycles. The molecule has 0 aromatic carbocycles. The fraction of sp³-hybridized carbons (Fsp3) is 0.167. The summed E-state index contributed by atoms with van der Waals surface area (Å²) >= 11 is 0. The normalized spacial score (nSPS) is 13.6. The predicted octanol–water partition coefficient (Wildman–Crippen LogP) is 3.21. The zero-order valence-corrected chi connectivity index (χ0v) is 12.6. The summed E-state index contributed by atoms with van der Waals surface area (Å²) in [5.41, 5.74) is 6.51. The first-order chi connectivity index (χ1) is 11.4. The molecule has 0 aliphatic carbocycles. The lowest BCUT2D eigenvalue weighted by molar-refractivity contribution is 0.658. The van der Waals surface area contributed by atoms with Crippen molar-refractivity contribution in [3.63, 3.8) is 0 Å². The smallest absolute Gasteiger partial charge is 0.137 e. The Labute approximate surface area is 133 Å². The minimum Gasteiger partial charge on any atom is -0.307 e. The van der Waals surface area contributed by atoms with E-state index >= 15 is 0 Å². The maximum absolute atomic E-state index is 4.83. The van der Waals surface area contributed by atoms with Crippen LogP contribution in [-0.2, 0) is 13.0 Å². The topological polar surface area (TPSA) is 48.0 Å². The second kappa shape index (κ2) is 4.78. The molecule has 5 heterocycles. The van der Waals surface area contributed by atoms with E-state index in [0.717, 1.165) is 42.0 Å². The average molecular weight is 301 g/mol. The Morgan fingerprint density at radius 2 is 2.00 bits per heavy atom. The summed E-state index contributed by atoms with van der Waals surface area (Å²) in [5, 5.41) is 4.83. The van der Waals surface area contributed by atoms with Gasteiger partial charge in [0.1, 0.15) is 11.3 Å². The molecule has 0 bridgehead atoms. The van der Waals surface area contributed by atoms with Crippen molar-refractivity contribution in [2.75, 3.05) is 0 Å². The molecule has 0 spiro atoms. The first-order valence-electron chi connectivity index (χ1n) is 7.84. The van der Waals surface area contributed by atoms with E-state index in [1.165, 1.54) is 11.3 Å². The van der Waals surface area contributed by atoms with Crippen LogP contribution in [0.15, 0.2) is 55.1 Å². The van der Waals surface area contributed by atoms with Crippen LogP contribution >= 0.6 is 0 Å². The number of hydrogen-bond donors (Lipinski definition) is 0. The summed E-state index contributed by atoms with van der Waals surface area (Å²) in [6.07, 6.45) is 9.88. The van der Waals surface area contributed by atoms with E-state index in [2.05, 4.69) is 33.0 Å². The molecule has 5 rings (SSSR count). The van der Waals surface area contributed by atoms with Gasteiger partial charge in [0.05, 0.1) is 5.69 Å². The Morgan fingerprint density at radius 1 is 1.00 bits per heavy atom. The number of aromatic nitrogens is 5. The van der Waals surface area contributed by atoms with Crippen LogP contribution in [0.5, 0.6) is 0 Å². The van der Waals surface area contributed by atoms with Crippen LogP contribution in [0.25, 0.3) is 28.2 Å². The van der Waals surface area contributed by atoms with Gasteiger partial charge in [0.15, 0.2) is 0 Å². The van der Waals surface area contributed by atoms with E-state index < -0.39 is 0 Å². The van der Waals surface area contributed by atoms with E-state index in [0.29, 0.717) is 0 Å².